The van der Waals surface area contributed by atoms with E-state index in [1.54, 1.807) is 0 Å². The molecule has 2 atom stereocenters. The standard InChI is InChI=1S/C19H24N4O3/c1-13-11-22(2)12-16(25-13)19-21-20-17(26-19)10-14-5-3-6-15(9-14)23-8-4-7-18(23)24/h3,5-6,9,13,16H,4,7-8,10-12H2,1-2H3/t13-,16-/m1/s1. The average Bonchev–Trinajstić information content (AvgIpc) is 3.23. The van der Waals surface area contributed by atoms with Gasteiger partial charge in [0.1, 0.15) is 6.10 Å². The van der Waals surface area contributed by atoms with Crippen molar-refractivity contribution in [2.75, 3.05) is 31.6 Å². The topological polar surface area (TPSA) is 71.7 Å². The van der Waals surface area contributed by atoms with Gasteiger partial charge < -0.3 is 19.0 Å². The lowest BCUT2D eigenvalue weighted by Crippen LogP contribution is -2.40. The SMILES string of the molecule is C[C@@H]1CN(C)C[C@H](c2nnc(Cc3cccc(N4CCCC4=O)c3)o2)O1. The van der Waals surface area contributed by atoms with E-state index >= 15 is 0 Å². The van der Waals surface area contributed by atoms with Crippen LogP contribution in [-0.4, -0.2) is 53.8 Å². The van der Waals surface area contributed by atoms with E-state index in [2.05, 4.69) is 22.1 Å². The molecule has 0 saturated carbocycles. The van der Waals surface area contributed by atoms with E-state index in [4.69, 9.17) is 9.15 Å². The highest BCUT2D eigenvalue weighted by Crippen LogP contribution is 2.26. The second-order valence-corrected chi connectivity index (χ2v) is 7.19. The summed E-state index contributed by atoms with van der Waals surface area (Å²) in [7, 11) is 2.06. The van der Waals surface area contributed by atoms with Crippen LogP contribution in [0.25, 0.3) is 0 Å². The molecule has 3 heterocycles. The van der Waals surface area contributed by atoms with Crippen molar-refractivity contribution in [1.29, 1.82) is 0 Å². The lowest BCUT2D eigenvalue weighted by atomic mass is 10.1. The van der Waals surface area contributed by atoms with Gasteiger partial charge in [0.25, 0.3) is 0 Å². The Kier molecular flexibility index (Phi) is 4.74. The Morgan fingerprint density at radius 1 is 1.27 bits per heavy atom. The molecule has 1 aromatic heterocycles. The molecule has 2 aliphatic heterocycles. The number of likely N-dealkylation sites (N-methyl/N-ethyl adjacent to an activating group) is 1. The molecular weight excluding hydrogens is 332 g/mol. The van der Waals surface area contributed by atoms with Gasteiger partial charge in [0.05, 0.1) is 12.5 Å². The molecule has 2 saturated heterocycles. The Morgan fingerprint density at radius 3 is 2.92 bits per heavy atom. The van der Waals surface area contributed by atoms with Crippen molar-refractivity contribution in [3.05, 3.63) is 41.6 Å². The summed E-state index contributed by atoms with van der Waals surface area (Å²) < 4.78 is 11.8. The molecular formula is C19H24N4O3. The zero-order valence-electron chi connectivity index (χ0n) is 15.2. The Hall–Kier alpha value is -2.25. The minimum absolute atomic E-state index is 0.142. The van der Waals surface area contributed by atoms with E-state index in [1.807, 2.05) is 36.1 Å². The number of benzene rings is 1. The maximum Gasteiger partial charge on any atom is 0.246 e. The van der Waals surface area contributed by atoms with E-state index in [-0.39, 0.29) is 18.1 Å². The molecule has 7 nitrogen and oxygen atoms in total. The zero-order valence-corrected chi connectivity index (χ0v) is 15.2. The Labute approximate surface area is 152 Å². The molecule has 1 aromatic carbocycles. The molecule has 2 fully saturated rings. The molecule has 4 rings (SSSR count). The maximum atomic E-state index is 11.9. The van der Waals surface area contributed by atoms with Gasteiger partial charge in [0, 0.05) is 31.7 Å². The summed E-state index contributed by atoms with van der Waals surface area (Å²) in [6, 6.07) is 7.98. The van der Waals surface area contributed by atoms with Crippen LogP contribution < -0.4 is 4.90 Å². The van der Waals surface area contributed by atoms with Crippen LogP contribution in [0.2, 0.25) is 0 Å². The number of carbonyl (C=O) groups excluding carboxylic acids is 1. The van der Waals surface area contributed by atoms with Gasteiger partial charge in [-0.1, -0.05) is 12.1 Å². The molecule has 0 bridgehead atoms. The summed E-state index contributed by atoms with van der Waals surface area (Å²) >= 11 is 0. The molecule has 1 amide bonds. The first kappa shape index (κ1) is 17.2. The molecule has 0 radical (unpaired) electrons. The predicted molar refractivity (Wildman–Crippen MR) is 95.9 cm³/mol. The van der Waals surface area contributed by atoms with Crippen molar-refractivity contribution < 1.29 is 13.9 Å². The molecule has 0 unspecified atom stereocenters. The van der Waals surface area contributed by atoms with Crippen LogP contribution in [0.5, 0.6) is 0 Å². The summed E-state index contributed by atoms with van der Waals surface area (Å²) in [5.41, 5.74) is 1.99. The Morgan fingerprint density at radius 2 is 2.15 bits per heavy atom. The highest BCUT2D eigenvalue weighted by atomic mass is 16.5. The van der Waals surface area contributed by atoms with E-state index < -0.39 is 0 Å². The number of amides is 1. The van der Waals surface area contributed by atoms with Gasteiger partial charge in [-0.25, -0.2) is 0 Å². The summed E-state index contributed by atoms with van der Waals surface area (Å²) in [6.45, 7) is 4.49. The first-order valence-corrected chi connectivity index (χ1v) is 9.14. The second kappa shape index (κ2) is 7.17. The van der Waals surface area contributed by atoms with Gasteiger partial charge in [-0.15, -0.1) is 10.2 Å². The number of ether oxygens (including phenoxy) is 1. The zero-order chi connectivity index (χ0) is 18.1. The fourth-order valence-corrected chi connectivity index (χ4v) is 3.70. The lowest BCUT2D eigenvalue weighted by molar-refractivity contribution is -0.117. The number of aromatic nitrogens is 2. The summed E-state index contributed by atoms with van der Waals surface area (Å²) in [6.07, 6.45) is 2.05. The van der Waals surface area contributed by atoms with Crippen LogP contribution in [0.3, 0.4) is 0 Å². The molecule has 2 aliphatic rings. The smallest absolute Gasteiger partial charge is 0.246 e. The van der Waals surface area contributed by atoms with Crippen molar-refractivity contribution in [3.63, 3.8) is 0 Å². The Balaban J connectivity index is 1.47. The Bertz CT molecular complexity index is 781. The molecule has 7 heteroatoms. The van der Waals surface area contributed by atoms with Crippen LogP contribution in [0.15, 0.2) is 28.7 Å². The van der Waals surface area contributed by atoms with Crippen LogP contribution in [0, 0.1) is 0 Å². The number of hydrogen-bond acceptors (Lipinski definition) is 6. The van der Waals surface area contributed by atoms with Crippen molar-refractivity contribution >= 4 is 11.6 Å². The molecule has 26 heavy (non-hydrogen) atoms. The van der Waals surface area contributed by atoms with E-state index in [1.165, 1.54) is 0 Å². The largest absolute Gasteiger partial charge is 0.422 e. The summed E-state index contributed by atoms with van der Waals surface area (Å²) in [5.74, 6) is 1.29. The maximum absolute atomic E-state index is 11.9. The van der Waals surface area contributed by atoms with Crippen molar-refractivity contribution in [1.82, 2.24) is 15.1 Å². The van der Waals surface area contributed by atoms with Gasteiger partial charge in [-0.2, -0.15) is 0 Å². The van der Waals surface area contributed by atoms with E-state index in [9.17, 15) is 4.79 Å². The fraction of sp³-hybridized carbons (Fsp3) is 0.526. The predicted octanol–water partition coefficient (Wildman–Crippen LogP) is 2.18. The molecule has 138 valence electrons. The van der Waals surface area contributed by atoms with Crippen LogP contribution in [0.1, 0.15) is 43.2 Å². The molecule has 2 aromatic rings. The van der Waals surface area contributed by atoms with Crippen molar-refractivity contribution in [2.45, 2.75) is 38.4 Å². The number of rotatable bonds is 4. The van der Waals surface area contributed by atoms with Crippen LogP contribution in [-0.2, 0) is 16.0 Å². The first-order valence-electron chi connectivity index (χ1n) is 9.14. The van der Waals surface area contributed by atoms with Gasteiger partial charge in [0.2, 0.25) is 17.7 Å². The highest BCUT2D eigenvalue weighted by molar-refractivity contribution is 5.95. The van der Waals surface area contributed by atoms with Crippen LogP contribution in [0.4, 0.5) is 5.69 Å². The molecule has 0 aliphatic carbocycles. The number of anilines is 1. The van der Waals surface area contributed by atoms with Gasteiger partial charge in [-0.3, -0.25) is 4.79 Å². The van der Waals surface area contributed by atoms with Crippen LogP contribution >= 0.6 is 0 Å². The molecule has 0 N–H and O–H groups in total. The van der Waals surface area contributed by atoms with Crippen molar-refractivity contribution in [3.8, 4) is 0 Å². The number of nitrogens with zero attached hydrogens (tertiary/aromatic N) is 4. The fourth-order valence-electron chi connectivity index (χ4n) is 3.70. The van der Waals surface area contributed by atoms with E-state index in [0.29, 0.717) is 24.6 Å². The number of morpholine rings is 1. The van der Waals surface area contributed by atoms with Gasteiger partial charge in [-0.05, 0) is 38.1 Å². The third-order valence-electron chi connectivity index (χ3n) is 4.85. The number of carbonyl (C=O) groups is 1. The molecule has 0 spiro atoms. The third-order valence-corrected chi connectivity index (χ3v) is 4.85. The average molecular weight is 356 g/mol. The minimum Gasteiger partial charge on any atom is -0.422 e. The van der Waals surface area contributed by atoms with Gasteiger partial charge >= 0.3 is 0 Å². The monoisotopic (exact) mass is 356 g/mol. The van der Waals surface area contributed by atoms with Crippen molar-refractivity contribution in [2.24, 2.45) is 0 Å². The highest BCUT2D eigenvalue weighted by Gasteiger charge is 2.28. The summed E-state index contributed by atoms with van der Waals surface area (Å²) in [5, 5.41) is 8.37. The number of hydrogen-bond donors (Lipinski definition) is 0. The quantitative estimate of drug-likeness (QED) is 0.836. The van der Waals surface area contributed by atoms with Gasteiger partial charge in [0.15, 0.2) is 0 Å². The first-order chi connectivity index (χ1) is 12.6. The van der Waals surface area contributed by atoms with E-state index in [0.717, 1.165) is 37.3 Å². The second-order valence-electron chi connectivity index (χ2n) is 7.19. The summed E-state index contributed by atoms with van der Waals surface area (Å²) in [4.78, 5) is 16.0. The third kappa shape index (κ3) is 3.64. The minimum atomic E-state index is -0.182. The lowest BCUT2D eigenvalue weighted by Gasteiger charge is -2.32. The normalized spacial score (nSPS) is 24.4.